The fourth-order valence-electron chi connectivity index (χ4n) is 14.6. The zero-order valence-corrected chi connectivity index (χ0v) is 59.9. The summed E-state index contributed by atoms with van der Waals surface area (Å²) in [5.74, 6) is 1.07. The van der Waals surface area contributed by atoms with Gasteiger partial charge in [0.25, 0.3) is 0 Å². The van der Waals surface area contributed by atoms with Crippen LogP contribution in [0.3, 0.4) is 0 Å². The van der Waals surface area contributed by atoms with Gasteiger partial charge in [0.05, 0.1) is 69.9 Å². The minimum absolute atomic E-state index is 0.152. The van der Waals surface area contributed by atoms with Crippen LogP contribution in [0.1, 0.15) is 140 Å². The molecule has 6 fully saturated rings. The van der Waals surface area contributed by atoms with Crippen molar-refractivity contribution in [3.05, 3.63) is 100 Å². The van der Waals surface area contributed by atoms with Crippen molar-refractivity contribution in [3.63, 3.8) is 0 Å². The Bertz CT molecular complexity index is 4430. The maximum atomic E-state index is 12.7. The standard InChI is InChI=1S/C17H22ClN3O2S.C17H26N4O2S.C16H23N5O2S.C15H20ClN3O2S/c18-13-9-15(16-11-19-20-17(16)10-13)12-5-7-21(8-6-12)24(22,23)14-3-1-2-4-14;1-12(2)13-8-15-14(10-18-19-15)16(9-13)20-6-7-21(24(5,22)23)17(3,4)11-20;1-24(22,23)21-8-6-20(7-9-21)16-11-13(19-4-2-3-5-19)10-15-14(16)12-17-18-15;1-10(2)22(20,21)19-5-3-11(4-6-19)13-7-12(16)8-15-14(13)9-17-18-15/h9-12,14H,1-8H2,(H,19,20);8-10,12H,6-7,11H2,1-5H3,(H,18,19);10-12H,2-9H2,1H3,(H,17,18);7-11H,3-6H2,1-2H3,(H,17,18). The molecule has 5 saturated heterocycles. The number of nitrogens with zero attached hydrogens (tertiary/aromatic N) is 11. The molecule has 29 heteroatoms. The van der Waals surface area contributed by atoms with Gasteiger partial charge in [-0.3, -0.25) is 20.4 Å². The Morgan fingerprint density at radius 2 is 0.926 bits per heavy atom. The number of piperazine rings is 2. The zero-order valence-electron chi connectivity index (χ0n) is 55.2. The van der Waals surface area contributed by atoms with Crippen molar-refractivity contribution in [2.45, 2.75) is 140 Å². The molecule has 6 aliphatic rings. The van der Waals surface area contributed by atoms with E-state index in [-0.39, 0.29) is 10.5 Å². The first kappa shape index (κ1) is 69.7. The number of halogens is 2. The third-order valence-electron chi connectivity index (χ3n) is 19.8. The molecule has 0 unspecified atom stereocenters. The molecular formula is C65H91Cl2N15O8S4. The second-order valence-electron chi connectivity index (χ2n) is 27.3. The number of nitrogens with one attached hydrogen (secondary N) is 4. The molecule has 0 spiro atoms. The molecule has 0 radical (unpaired) electrons. The summed E-state index contributed by atoms with van der Waals surface area (Å²) in [6, 6.07) is 16.5. The summed E-state index contributed by atoms with van der Waals surface area (Å²) in [7, 11) is -12.6. The number of benzene rings is 4. The average Bonchev–Trinajstić information content (AvgIpc) is 0.973. The van der Waals surface area contributed by atoms with Gasteiger partial charge in [0.2, 0.25) is 40.1 Å². The minimum Gasteiger partial charge on any atom is -0.371 e. The van der Waals surface area contributed by atoms with E-state index in [0.717, 1.165) is 125 Å². The number of piperidine rings is 2. The van der Waals surface area contributed by atoms with Gasteiger partial charge in [0.15, 0.2) is 0 Å². The van der Waals surface area contributed by atoms with Gasteiger partial charge in [-0.2, -0.15) is 29.0 Å². The molecule has 0 amide bonds. The van der Waals surface area contributed by atoms with Crippen molar-refractivity contribution in [1.82, 2.24) is 58.0 Å². The van der Waals surface area contributed by atoms with E-state index in [0.29, 0.717) is 99.8 Å². The van der Waals surface area contributed by atoms with Gasteiger partial charge in [0.1, 0.15) is 0 Å². The summed E-state index contributed by atoms with van der Waals surface area (Å²) in [4.78, 5) is 6.97. The van der Waals surface area contributed by atoms with Crippen molar-refractivity contribution < 1.29 is 33.7 Å². The smallest absolute Gasteiger partial charge is 0.216 e. The number of hydrogen-bond donors (Lipinski definition) is 4. The third-order valence-corrected chi connectivity index (χ3v) is 27.7. The molecule has 1 saturated carbocycles. The van der Waals surface area contributed by atoms with E-state index in [1.807, 2.05) is 62.9 Å². The number of rotatable bonds is 12. The summed E-state index contributed by atoms with van der Waals surface area (Å²) < 4.78 is 104. The Morgan fingerprint density at radius 3 is 1.39 bits per heavy atom. The molecule has 512 valence electrons. The molecule has 1 aliphatic carbocycles. The van der Waals surface area contributed by atoms with E-state index in [9.17, 15) is 33.7 Å². The van der Waals surface area contributed by atoms with Gasteiger partial charge in [-0.1, -0.05) is 49.9 Å². The molecule has 8 aromatic rings. The van der Waals surface area contributed by atoms with Gasteiger partial charge in [-0.05, 0) is 162 Å². The van der Waals surface area contributed by atoms with Crippen molar-refractivity contribution in [3.8, 4) is 0 Å². The number of sulfonamides is 4. The first-order valence-electron chi connectivity index (χ1n) is 32.9. The van der Waals surface area contributed by atoms with Crippen LogP contribution in [0.4, 0.5) is 17.1 Å². The van der Waals surface area contributed by atoms with E-state index >= 15 is 0 Å². The first-order chi connectivity index (χ1) is 44.6. The molecule has 23 nitrogen and oxygen atoms in total. The van der Waals surface area contributed by atoms with Gasteiger partial charge in [-0.25, -0.2) is 42.3 Å². The van der Waals surface area contributed by atoms with Crippen molar-refractivity contribution in [2.75, 3.05) is 112 Å². The second kappa shape index (κ2) is 28.5. The van der Waals surface area contributed by atoms with Gasteiger partial charge in [0, 0.05) is 139 Å². The van der Waals surface area contributed by atoms with Crippen LogP contribution in [0.25, 0.3) is 43.6 Å². The summed E-state index contributed by atoms with van der Waals surface area (Å²) in [6.07, 6.45) is 19.5. The summed E-state index contributed by atoms with van der Waals surface area (Å²) in [5.41, 5.74) is 10.6. The number of anilines is 3. The van der Waals surface area contributed by atoms with Crippen LogP contribution in [0, 0.1) is 0 Å². The normalized spacial score (nSPS) is 19.9. The van der Waals surface area contributed by atoms with E-state index in [4.69, 9.17) is 23.2 Å². The maximum absolute atomic E-state index is 12.7. The van der Waals surface area contributed by atoms with Gasteiger partial charge in [-0.15, -0.1) is 0 Å². The lowest BCUT2D eigenvalue weighted by Crippen LogP contribution is -2.60. The number of fused-ring (bicyclic) bond motifs is 4. The lowest BCUT2D eigenvalue weighted by atomic mass is 9.88. The highest BCUT2D eigenvalue weighted by atomic mass is 35.5. The number of aromatic nitrogens is 8. The monoisotopic (exact) mass is 1410 g/mol. The third kappa shape index (κ3) is 15.4. The molecular weight excluding hydrogens is 1320 g/mol. The van der Waals surface area contributed by atoms with Crippen LogP contribution < -0.4 is 14.7 Å². The van der Waals surface area contributed by atoms with Crippen LogP contribution >= 0.6 is 23.2 Å². The minimum atomic E-state index is -3.20. The van der Waals surface area contributed by atoms with Crippen LogP contribution in [0.15, 0.2) is 73.3 Å². The fourth-order valence-corrected chi connectivity index (χ4v) is 20.6. The predicted molar refractivity (Wildman–Crippen MR) is 379 cm³/mol. The van der Waals surface area contributed by atoms with Crippen LogP contribution in [-0.4, -0.2) is 205 Å². The first-order valence-corrected chi connectivity index (χ1v) is 40.4. The molecule has 4 N–H and O–H groups in total. The SMILES string of the molecule is CC(C)S(=O)(=O)N1CCC(c2cc(Cl)cc3[nH]ncc23)CC1.CC(C)c1cc(N2CCN(S(C)(=O)=O)C(C)(C)C2)c2cn[nH]c2c1.CS(=O)(=O)N1CCN(c2cc(N3CCCC3)cc3[nH]ncc23)CC1.O=S(=O)(C1CCCC1)N1CCC(c2cc(Cl)cc3[nH]ncc23)CC1. The Hall–Kier alpha value is -5.62. The number of H-pyrrole nitrogens is 4. The molecule has 94 heavy (non-hydrogen) atoms. The molecule has 9 heterocycles. The molecule has 5 aliphatic heterocycles. The zero-order chi connectivity index (χ0) is 67.1. The summed E-state index contributed by atoms with van der Waals surface area (Å²) in [5, 5.41) is 33.9. The lowest BCUT2D eigenvalue weighted by molar-refractivity contribution is 0.206. The summed E-state index contributed by atoms with van der Waals surface area (Å²) in [6.45, 7) is 20.6. The molecule has 4 aromatic heterocycles. The van der Waals surface area contributed by atoms with Crippen LogP contribution in [0.5, 0.6) is 0 Å². The van der Waals surface area contributed by atoms with Crippen LogP contribution in [-0.2, 0) is 40.1 Å². The van der Waals surface area contributed by atoms with Gasteiger partial charge >= 0.3 is 0 Å². The molecule has 0 atom stereocenters. The molecule has 0 bridgehead atoms. The highest BCUT2D eigenvalue weighted by Gasteiger charge is 2.41. The Morgan fingerprint density at radius 1 is 0.468 bits per heavy atom. The molecule has 4 aromatic carbocycles. The number of aromatic amines is 4. The Labute approximate surface area is 563 Å². The average molecular weight is 1410 g/mol. The molecule has 14 rings (SSSR count). The topological polar surface area (TPSA) is 274 Å². The lowest BCUT2D eigenvalue weighted by Gasteiger charge is -2.46. The highest BCUT2D eigenvalue weighted by Crippen LogP contribution is 2.40. The van der Waals surface area contributed by atoms with Crippen molar-refractivity contribution in [1.29, 1.82) is 0 Å². The van der Waals surface area contributed by atoms with Gasteiger partial charge < -0.3 is 14.7 Å². The van der Waals surface area contributed by atoms with Crippen molar-refractivity contribution in [2.24, 2.45) is 0 Å². The number of hydrogen-bond acceptors (Lipinski definition) is 15. The Balaban J connectivity index is 0.000000128. The van der Waals surface area contributed by atoms with Crippen molar-refractivity contribution >= 4 is 124 Å². The van der Waals surface area contributed by atoms with E-state index < -0.39 is 45.6 Å². The largest absolute Gasteiger partial charge is 0.371 e. The van der Waals surface area contributed by atoms with E-state index in [1.165, 1.54) is 42.2 Å². The predicted octanol–water partition coefficient (Wildman–Crippen LogP) is 10.6. The fraction of sp³-hybridized carbons (Fsp3) is 0.569. The van der Waals surface area contributed by atoms with E-state index in [2.05, 4.69) is 93.6 Å². The summed E-state index contributed by atoms with van der Waals surface area (Å²) >= 11 is 12.4. The highest BCUT2D eigenvalue weighted by molar-refractivity contribution is 7.90. The quantitative estimate of drug-likeness (QED) is 0.0885. The second-order valence-corrected chi connectivity index (χ2v) is 36.7. The van der Waals surface area contributed by atoms with Crippen LogP contribution in [0.2, 0.25) is 10.0 Å². The Kier molecular flexibility index (Phi) is 21.1. The van der Waals surface area contributed by atoms with E-state index in [1.54, 1.807) is 31.1 Å². The maximum Gasteiger partial charge on any atom is 0.216 e.